The molecule has 0 aliphatic rings. The van der Waals surface area contributed by atoms with E-state index in [4.69, 9.17) is 0 Å². The summed E-state index contributed by atoms with van der Waals surface area (Å²) < 4.78 is 1.01. The second-order valence-electron chi connectivity index (χ2n) is 3.37. The summed E-state index contributed by atoms with van der Waals surface area (Å²) in [5, 5.41) is 19.8. The molecule has 3 N–H and O–H groups in total. The van der Waals surface area contributed by atoms with Crippen molar-refractivity contribution in [2.45, 2.75) is 6.92 Å². The lowest BCUT2D eigenvalue weighted by atomic mass is 10.1. The molecule has 0 unspecified atom stereocenters. The normalized spacial score (nSPS) is 10.9. The second-order valence-corrected chi connectivity index (χ2v) is 5.02. The van der Waals surface area contributed by atoms with Crippen LogP contribution in [-0.2, 0) is 0 Å². The van der Waals surface area contributed by atoms with E-state index >= 15 is 0 Å². The highest BCUT2D eigenvalue weighted by molar-refractivity contribution is 9.11. The van der Waals surface area contributed by atoms with Crippen LogP contribution in [0.4, 0.5) is 0 Å². The number of aromatic nitrogens is 1. The maximum Gasteiger partial charge on any atom is 0.263 e. The number of phenolic OH excluding ortho intramolecular Hbond substituents is 2. The summed E-state index contributed by atoms with van der Waals surface area (Å²) in [6, 6.07) is 1.38. The Hall–Kier alpha value is -1.01. The van der Waals surface area contributed by atoms with Crippen LogP contribution in [0.5, 0.6) is 11.5 Å². The fraction of sp³-hybridized carbons (Fsp3) is 0.100. The van der Waals surface area contributed by atoms with Crippen LogP contribution in [0, 0.1) is 6.92 Å². The van der Waals surface area contributed by atoms with E-state index in [1.165, 1.54) is 6.07 Å². The maximum absolute atomic E-state index is 11.5. The number of benzene rings is 1. The van der Waals surface area contributed by atoms with Gasteiger partial charge in [-0.3, -0.25) is 4.79 Å². The van der Waals surface area contributed by atoms with Gasteiger partial charge in [0, 0.05) is 9.86 Å². The number of rotatable bonds is 0. The molecule has 0 radical (unpaired) electrons. The minimum absolute atomic E-state index is 0.220. The van der Waals surface area contributed by atoms with Gasteiger partial charge in [-0.2, -0.15) is 0 Å². The van der Waals surface area contributed by atoms with Crippen molar-refractivity contribution in [3.05, 3.63) is 30.9 Å². The standard InChI is InChI=1S/C10H7Br2NO3/c1-3-6-4(11)2-5(14)9(15)8(6)13-10(16)7(3)12/h2,14-15H,1H3,(H,13,16). The van der Waals surface area contributed by atoms with Crippen molar-refractivity contribution in [3.63, 3.8) is 0 Å². The van der Waals surface area contributed by atoms with Crippen LogP contribution in [0.15, 0.2) is 19.8 Å². The zero-order chi connectivity index (χ0) is 12.0. The minimum atomic E-state index is -0.349. The monoisotopic (exact) mass is 347 g/mol. The molecule has 1 heterocycles. The average Bonchev–Trinajstić information content (AvgIpc) is 2.22. The maximum atomic E-state index is 11.5. The number of aromatic amines is 1. The van der Waals surface area contributed by atoms with E-state index in [0.29, 0.717) is 19.9 Å². The Balaban J connectivity index is 3.13. The summed E-state index contributed by atoms with van der Waals surface area (Å²) in [5.41, 5.74) is 0.566. The Morgan fingerprint density at radius 1 is 1.31 bits per heavy atom. The van der Waals surface area contributed by atoms with Crippen LogP contribution >= 0.6 is 31.9 Å². The number of phenols is 2. The van der Waals surface area contributed by atoms with Gasteiger partial charge in [0.1, 0.15) is 0 Å². The molecule has 2 aromatic rings. The number of aryl methyl sites for hydroxylation is 1. The summed E-state index contributed by atoms with van der Waals surface area (Å²) in [6.07, 6.45) is 0. The molecule has 0 atom stereocenters. The fourth-order valence-corrected chi connectivity index (χ4v) is 2.57. The SMILES string of the molecule is Cc1c(Br)c(=O)[nH]c2c(O)c(O)cc(Br)c12. The molecule has 4 nitrogen and oxygen atoms in total. The molecule has 6 heteroatoms. The van der Waals surface area contributed by atoms with E-state index in [-0.39, 0.29) is 22.6 Å². The number of halogens is 2. The molecule has 0 fully saturated rings. The Morgan fingerprint density at radius 2 is 1.94 bits per heavy atom. The first-order valence-corrected chi connectivity index (χ1v) is 5.94. The summed E-state index contributed by atoms with van der Waals surface area (Å²) in [4.78, 5) is 14.0. The first-order valence-electron chi connectivity index (χ1n) is 4.36. The van der Waals surface area contributed by atoms with Crippen molar-refractivity contribution in [2.75, 3.05) is 0 Å². The molecule has 2 rings (SSSR count). The predicted molar refractivity (Wildman–Crippen MR) is 68.0 cm³/mol. The molecule has 0 bridgehead atoms. The number of pyridine rings is 1. The fourth-order valence-electron chi connectivity index (χ4n) is 1.56. The number of H-pyrrole nitrogens is 1. The Kier molecular flexibility index (Phi) is 2.71. The summed E-state index contributed by atoms with van der Waals surface area (Å²) in [7, 11) is 0. The lowest BCUT2D eigenvalue weighted by Crippen LogP contribution is -2.08. The van der Waals surface area contributed by atoms with Crippen molar-refractivity contribution in [2.24, 2.45) is 0 Å². The van der Waals surface area contributed by atoms with Gasteiger partial charge in [0.05, 0.1) is 9.99 Å². The highest BCUT2D eigenvalue weighted by Crippen LogP contribution is 2.39. The molecule has 0 saturated heterocycles. The third-order valence-electron chi connectivity index (χ3n) is 2.37. The molecule has 0 aliphatic carbocycles. The van der Waals surface area contributed by atoms with Crippen LogP contribution in [0.2, 0.25) is 0 Å². The third-order valence-corrected chi connectivity index (χ3v) is 3.95. The lowest BCUT2D eigenvalue weighted by molar-refractivity contribution is 0.407. The molecule has 0 saturated carbocycles. The van der Waals surface area contributed by atoms with Crippen molar-refractivity contribution in [1.82, 2.24) is 4.98 Å². The topological polar surface area (TPSA) is 73.3 Å². The first kappa shape index (κ1) is 11.5. The van der Waals surface area contributed by atoms with E-state index in [2.05, 4.69) is 36.8 Å². The molecular weight excluding hydrogens is 342 g/mol. The van der Waals surface area contributed by atoms with Crippen LogP contribution < -0.4 is 5.56 Å². The Bertz CT molecular complexity index is 649. The lowest BCUT2D eigenvalue weighted by Gasteiger charge is -2.09. The van der Waals surface area contributed by atoms with Gasteiger partial charge in [-0.25, -0.2) is 0 Å². The van der Waals surface area contributed by atoms with E-state index in [0.717, 1.165) is 0 Å². The van der Waals surface area contributed by atoms with E-state index in [1.54, 1.807) is 6.92 Å². The number of fused-ring (bicyclic) bond motifs is 1. The zero-order valence-electron chi connectivity index (χ0n) is 8.14. The largest absolute Gasteiger partial charge is 0.504 e. The molecular formula is C10H7Br2NO3. The van der Waals surface area contributed by atoms with Crippen LogP contribution in [0.3, 0.4) is 0 Å². The van der Waals surface area contributed by atoms with Crippen molar-refractivity contribution in [3.8, 4) is 11.5 Å². The summed E-state index contributed by atoms with van der Waals surface area (Å²) in [6.45, 7) is 1.75. The number of aromatic hydroxyl groups is 2. The molecule has 84 valence electrons. The molecule has 0 amide bonds. The average molecular weight is 349 g/mol. The summed E-state index contributed by atoms with van der Waals surface area (Å²) in [5.74, 6) is -0.609. The number of hydrogen-bond donors (Lipinski definition) is 3. The van der Waals surface area contributed by atoms with Gasteiger partial charge >= 0.3 is 0 Å². The predicted octanol–water partition coefficient (Wildman–Crippen LogP) is 2.77. The van der Waals surface area contributed by atoms with Gasteiger partial charge < -0.3 is 15.2 Å². The smallest absolute Gasteiger partial charge is 0.263 e. The van der Waals surface area contributed by atoms with E-state index < -0.39 is 0 Å². The molecule has 0 spiro atoms. The highest BCUT2D eigenvalue weighted by atomic mass is 79.9. The Morgan fingerprint density at radius 3 is 2.56 bits per heavy atom. The first-order chi connectivity index (χ1) is 7.43. The third kappa shape index (κ3) is 1.53. The van der Waals surface area contributed by atoms with Crippen molar-refractivity contribution < 1.29 is 10.2 Å². The van der Waals surface area contributed by atoms with Gasteiger partial charge in [0.15, 0.2) is 11.5 Å². The van der Waals surface area contributed by atoms with Crippen molar-refractivity contribution in [1.29, 1.82) is 0 Å². The van der Waals surface area contributed by atoms with Gasteiger partial charge in [0.2, 0.25) is 0 Å². The quantitative estimate of drug-likeness (QED) is 0.641. The molecule has 1 aromatic carbocycles. The van der Waals surface area contributed by atoms with Gasteiger partial charge in [-0.15, -0.1) is 0 Å². The van der Waals surface area contributed by atoms with Crippen molar-refractivity contribution >= 4 is 42.8 Å². The summed E-state index contributed by atoms with van der Waals surface area (Å²) >= 11 is 6.45. The van der Waals surface area contributed by atoms with Crippen LogP contribution in [-0.4, -0.2) is 15.2 Å². The second kappa shape index (κ2) is 3.78. The highest BCUT2D eigenvalue weighted by Gasteiger charge is 2.15. The minimum Gasteiger partial charge on any atom is -0.504 e. The zero-order valence-corrected chi connectivity index (χ0v) is 11.3. The van der Waals surface area contributed by atoms with E-state index in [9.17, 15) is 15.0 Å². The molecule has 1 aromatic heterocycles. The Labute approximate surface area is 107 Å². The van der Waals surface area contributed by atoms with E-state index in [1.807, 2.05) is 0 Å². The van der Waals surface area contributed by atoms with Gasteiger partial charge in [0.25, 0.3) is 5.56 Å². The van der Waals surface area contributed by atoms with Crippen LogP contribution in [0.1, 0.15) is 5.56 Å². The number of hydrogen-bond acceptors (Lipinski definition) is 3. The molecule has 16 heavy (non-hydrogen) atoms. The molecule has 0 aliphatic heterocycles. The van der Waals surface area contributed by atoms with Crippen LogP contribution in [0.25, 0.3) is 10.9 Å². The number of nitrogens with one attached hydrogen (secondary N) is 1. The van der Waals surface area contributed by atoms with Gasteiger partial charge in [-0.05, 0) is 50.4 Å². The van der Waals surface area contributed by atoms with Gasteiger partial charge in [-0.1, -0.05) is 0 Å².